The summed E-state index contributed by atoms with van der Waals surface area (Å²) in [4.78, 5) is 24.9. The first-order valence-electron chi connectivity index (χ1n) is 8.84. The Hall–Kier alpha value is -3.06. The van der Waals surface area contributed by atoms with Gasteiger partial charge >= 0.3 is 5.97 Å². The average molecular weight is 370 g/mol. The molecule has 27 heavy (non-hydrogen) atoms. The molecule has 0 spiro atoms. The van der Waals surface area contributed by atoms with Gasteiger partial charge in [-0.3, -0.25) is 4.79 Å². The van der Waals surface area contributed by atoms with E-state index in [0.29, 0.717) is 18.5 Å². The third-order valence-electron chi connectivity index (χ3n) is 4.48. The highest BCUT2D eigenvalue weighted by Crippen LogP contribution is 2.20. The summed E-state index contributed by atoms with van der Waals surface area (Å²) in [6.45, 7) is 1.22. The Morgan fingerprint density at radius 2 is 1.81 bits per heavy atom. The van der Waals surface area contributed by atoms with E-state index in [4.69, 9.17) is 4.74 Å². The summed E-state index contributed by atoms with van der Waals surface area (Å²) in [5.41, 5.74) is 0.501. The van der Waals surface area contributed by atoms with E-state index in [-0.39, 0.29) is 23.0 Å². The molecule has 142 valence electrons. The fraction of sp³-hybridized carbons (Fsp3) is 0.300. The van der Waals surface area contributed by atoms with Crippen molar-refractivity contribution in [1.82, 2.24) is 10.6 Å². The Morgan fingerprint density at radius 3 is 2.56 bits per heavy atom. The van der Waals surface area contributed by atoms with E-state index in [1.54, 1.807) is 12.1 Å². The molecule has 0 unspecified atom stereocenters. The molecule has 0 saturated carbocycles. The van der Waals surface area contributed by atoms with Crippen LogP contribution in [-0.2, 0) is 4.74 Å². The van der Waals surface area contributed by atoms with Crippen LogP contribution < -0.4 is 10.6 Å². The van der Waals surface area contributed by atoms with Gasteiger partial charge in [0.2, 0.25) is 0 Å². The van der Waals surface area contributed by atoms with E-state index >= 15 is 0 Å². The Labute approximate surface area is 157 Å². The van der Waals surface area contributed by atoms with Gasteiger partial charge in [-0.05, 0) is 55.8 Å². The van der Waals surface area contributed by atoms with Gasteiger partial charge in [-0.1, -0.05) is 12.1 Å². The third-order valence-corrected chi connectivity index (χ3v) is 4.48. The third kappa shape index (κ3) is 4.77. The van der Waals surface area contributed by atoms with Crippen LogP contribution in [0.15, 0.2) is 48.5 Å². The average Bonchev–Trinajstić information content (AvgIpc) is 2.88. The van der Waals surface area contributed by atoms with E-state index in [1.807, 2.05) is 0 Å². The van der Waals surface area contributed by atoms with Gasteiger partial charge in [0.1, 0.15) is 23.2 Å². The van der Waals surface area contributed by atoms with Crippen LogP contribution in [0.2, 0.25) is 0 Å². The van der Waals surface area contributed by atoms with Crippen LogP contribution in [0, 0.1) is 0 Å². The number of rotatable bonds is 4. The van der Waals surface area contributed by atoms with E-state index in [1.165, 1.54) is 36.4 Å². The molecule has 1 saturated heterocycles. The highest BCUT2D eigenvalue weighted by Gasteiger charge is 2.29. The van der Waals surface area contributed by atoms with Gasteiger partial charge in [0.25, 0.3) is 5.91 Å². The maximum Gasteiger partial charge on any atom is 0.342 e. The van der Waals surface area contributed by atoms with Crippen LogP contribution in [0.5, 0.6) is 11.5 Å². The van der Waals surface area contributed by atoms with Crippen molar-refractivity contribution in [3.8, 4) is 11.5 Å². The lowest BCUT2D eigenvalue weighted by molar-refractivity contribution is 0.0189. The number of amides is 1. The zero-order valence-corrected chi connectivity index (χ0v) is 14.7. The fourth-order valence-electron chi connectivity index (χ4n) is 3.02. The number of para-hydroxylation sites is 1. The van der Waals surface area contributed by atoms with Crippen molar-refractivity contribution in [2.24, 2.45) is 0 Å². The molecule has 2 aromatic carbocycles. The summed E-state index contributed by atoms with van der Waals surface area (Å²) >= 11 is 0. The molecule has 2 atom stereocenters. The normalized spacial score (nSPS) is 19.7. The zero-order chi connectivity index (χ0) is 19.2. The SMILES string of the molecule is O=C(N[C@@H]1CNCCC[C@H]1OC(=O)c1ccccc1O)c1ccc(O)cc1. The van der Waals surface area contributed by atoms with Crippen molar-refractivity contribution in [3.63, 3.8) is 0 Å². The molecule has 1 heterocycles. The lowest BCUT2D eigenvalue weighted by Gasteiger charge is -2.26. The Balaban J connectivity index is 1.71. The number of carbonyl (C=O) groups excluding carboxylic acids is 2. The van der Waals surface area contributed by atoms with E-state index < -0.39 is 18.1 Å². The molecule has 1 fully saturated rings. The maximum atomic E-state index is 12.5. The minimum absolute atomic E-state index is 0.0807. The number of benzene rings is 2. The molecule has 3 rings (SSSR count). The predicted octanol–water partition coefficient (Wildman–Crippen LogP) is 1.81. The van der Waals surface area contributed by atoms with Crippen molar-refractivity contribution in [1.29, 1.82) is 0 Å². The van der Waals surface area contributed by atoms with Crippen LogP contribution in [0.3, 0.4) is 0 Å². The van der Waals surface area contributed by atoms with Crippen molar-refractivity contribution in [3.05, 3.63) is 59.7 Å². The van der Waals surface area contributed by atoms with E-state index in [9.17, 15) is 19.8 Å². The number of esters is 1. The molecule has 0 aromatic heterocycles. The number of phenols is 2. The van der Waals surface area contributed by atoms with Crippen LogP contribution in [0.1, 0.15) is 33.6 Å². The number of ether oxygens (including phenoxy) is 1. The minimum atomic E-state index is -0.621. The molecule has 7 heteroatoms. The first kappa shape index (κ1) is 18.7. The molecule has 7 nitrogen and oxygen atoms in total. The zero-order valence-electron chi connectivity index (χ0n) is 14.7. The second-order valence-corrected chi connectivity index (χ2v) is 6.43. The number of hydrogen-bond donors (Lipinski definition) is 4. The Kier molecular flexibility index (Phi) is 5.93. The minimum Gasteiger partial charge on any atom is -0.508 e. The van der Waals surface area contributed by atoms with Crippen molar-refractivity contribution in [2.75, 3.05) is 13.1 Å². The summed E-state index contributed by atoms with van der Waals surface area (Å²) in [6.07, 6.45) is 0.866. The van der Waals surface area contributed by atoms with Crippen molar-refractivity contribution in [2.45, 2.75) is 25.0 Å². The van der Waals surface area contributed by atoms with Gasteiger partial charge in [-0.2, -0.15) is 0 Å². The molecule has 1 aliphatic rings. The molecule has 0 radical (unpaired) electrons. The number of nitrogens with one attached hydrogen (secondary N) is 2. The van der Waals surface area contributed by atoms with Crippen LogP contribution in [0.25, 0.3) is 0 Å². The first-order chi connectivity index (χ1) is 13.0. The number of hydrogen-bond acceptors (Lipinski definition) is 6. The van der Waals surface area contributed by atoms with Crippen molar-refractivity contribution >= 4 is 11.9 Å². The van der Waals surface area contributed by atoms with Gasteiger partial charge in [-0.15, -0.1) is 0 Å². The number of aromatic hydroxyl groups is 2. The number of phenolic OH excluding ortho intramolecular Hbond substituents is 2. The van der Waals surface area contributed by atoms with Gasteiger partial charge in [-0.25, -0.2) is 4.79 Å². The van der Waals surface area contributed by atoms with Crippen LogP contribution in [0.4, 0.5) is 0 Å². The van der Waals surface area contributed by atoms with Crippen molar-refractivity contribution < 1.29 is 24.5 Å². The van der Waals surface area contributed by atoms with Crippen LogP contribution in [-0.4, -0.2) is 47.3 Å². The topological polar surface area (TPSA) is 108 Å². The van der Waals surface area contributed by atoms with Gasteiger partial charge in [0.05, 0.1) is 6.04 Å². The highest BCUT2D eigenvalue weighted by molar-refractivity contribution is 5.95. The molecule has 0 bridgehead atoms. The summed E-state index contributed by atoms with van der Waals surface area (Å²) in [5, 5.41) is 25.3. The quantitative estimate of drug-likeness (QED) is 0.612. The Bertz CT molecular complexity index is 806. The molecule has 1 aliphatic heterocycles. The monoisotopic (exact) mass is 370 g/mol. The maximum absolute atomic E-state index is 12.5. The summed E-state index contributed by atoms with van der Waals surface area (Å²) in [7, 11) is 0. The molecular weight excluding hydrogens is 348 g/mol. The molecule has 2 aromatic rings. The molecular formula is C20H22N2O5. The standard InChI is InChI=1S/C20H22N2O5/c23-14-9-7-13(8-10-14)19(25)22-16-12-21-11-3-6-18(16)27-20(26)15-4-1-2-5-17(15)24/h1-2,4-5,7-10,16,18,21,23-24H,3,6,11-12H2,(H,22,25)/t16-,18-/m1/s1. The van der Waals surface area contributed by atoms with Gasteiger partial charge < -0.3 is 25.6 Å². The largest absolute Gasteiger partial charge is 0.508 e. The van der Waals surface area contributed by atoms with Gasteiger partial charge in [0.15, 0.2) is 0 Å². The highest BCUT2D eigenvalue weighted by atomic mass is 16.5. The molecule has 0 aliphatic carbocycles. The summed E-state index contributed by atoms with van der Waals surface area (Å²) < 4.78 is 5.61. The summed E-state index contributed by atoms with van der Waals surface area (Å²) in [5.74, 6) is -0.993. The smallest absolute Gasteiger partial charge is 0.342 e. The van der Waals surface area contributed by atoms with E-state index in [2.05, 4.69) is 10.6 Å². The first-order valence-corrected chi connectivity index (χ1v) is 8.84. The van der Waals surface area contributed by atoms with E-state index in [0.717, 1.165) is 13.0 Å². The Morgan fingerprint density at radius 1 is 1.07 bits per heavy atom. The predicted molar refractivity (Wildman–Crippen MR) is 98.8 cm³/mol. The number of carbonyl (C=O) groups is 2. The molecule has 1 amide bonds. The second-order valence-electron chi connectivity index (χ2n) is 6.43. The molecule has 4 N–H and O–H groups in total. The lowest BCUT2D eigenvalue weighted by Crippen LogP contribution is -2.49. The fourth-order valence-corrected chi connectivity index (χ4v) is 3.02. The summed E-state index contributed by atoms with van der Waals surface area (Å²) in [6, 6.07) is 11.7. The van der Waals surface area contributed by atoms with Crippen LogP contribution >= 0.6 is 0 Å². The second kappa shape index (κ2) is 8.55. The van der Waals surface area contributed by atoms with Gasteiger partial charge in [0, 0.05) is 12.1 Å². The lowest BCUT2D eigenvalue weighted by atomic mass is 10.1.